The fourth-order valence-electron chi connectivity index (χ4n) is 2.92. The molecule has 1 unspecified atom stereocenters. The van der Waals surface area contributed by atoms with E-state index in [4.69, 9.17) is 0 Å². The van der Waals surface area contributed by atoms with Gasteiger partial charge in [0.25, 0.3) is 0 Å². The first-order valence-corrected chi connectivity index (χ1v) is 8.64. The summed E-state index contributed by atoms with van der Waals surface area (Å²) >= 11 is 1.91. The van der Waals surface area contributed by atoms with Crippen molar-refractivity contribution in [3.63, 3.8) is 0 Å². The van der Waals surface area contributed by atoms with E-state index in [1.54, 1.807) is 0 Å². The minimum Gasteiger partial charge on any atom is -0.306 e. The fourth-order valence-corrected chi connectivity index (χ4v) is 3.89. The maximum Gasteiger partial charge on any atom is 0.0676 e. The molecule has 1 heterocycles. The number of hydrogen-bond acceptors (Lipinski definition) is 2. The van der Waals surface area contributed by atoms with E-state index >= 15 is 0 Å². The zero-order chi connectivity index (χ0) is 15.6. The van der Waals surface area contributed by atoms with Crippen LogP contribution < -0.4 is 5.32 Å². The molecule has 0 radical (unpaired) electrons. The Hall–Kier alpha value is -1.12. The number of aryl methyl sites for hydroxylation is 3. The molecule has 0 bridgehead atoms. The average Bonchev–Trinajstić information content (AvgIpc) is 2.86. The van der Waals surface area contributed by atoms with Crippen LogP contribution >= 0.6 is 11.3 Å². The van der Waals surface area contributed by atoms with Gasteiger partial charge in [0.05, 0.1) is 6.04 Å². The monoisotopic (exact) mass is 301 g/mol. The molecule has 1 aromatic carbocycles. The smallest absolute Gasteiger partial charge is 0.0676 e. The highest BCUT2D eigenvalue weighted by Crippen LogP contribution is 2.34. The van der Waals surface area contributed by atoms with Gasteiger partial charge in [0.2, 0.25) is 0 Å². The van der Waals surface area contributed by atoms with Crippen LogP contribution in [0.2, 0.25) is 0 Å². The second-order valence-corrected chi connectivity index (χ2v) is 7.33. The lowest BCUT2D eigenvalue weighted by molar-refractivity contribution is 0.600. The lowest BCUT2D eigenvalue weighted by atomic mass is 9.89. The predicted molar refractivity (Wildman–Crippen MR) is 94.6 cm³/mol. The topological polar surface area (TPSA) is 12.0 Å². The number of nitrogens with one attached hydrogen (secondary N) is 1. The third-order valence-electron chi connectivity index (χ3n) is 4.36. The predicted octanol–water partition coefficient (Wildman–Crippen LogP) is 5.38. The van der Waals surface area contributed by atoms with Crippen molar-refractivity contribution in [1.82, 2.24) is 5.32 Å². The standard InChI is InChI=1S/C19H27NS/c1-7-10-20-19(17-9-8-14(4)21-17)18-15(5)12(2)11-13(3)16(18)6/h8-9,11,19-20H,7,10H2,1-6H3. The molecule has 0 aliphatic carbocycles. The molecule has 21 heavy (non-hydrogen) atoms. The molecule has 1 atom stereocenters. The molecule has 0 spiro atoms. The number of hydrogen-bond donors (Lipinski definition) is 1. The van der Waals surface area contributed by atoms with Crippen LogP contribution in [0.3, 0.4) is 0 Å². The molecule has 0 saturated heterocycles. The van der Waals surface area contributed by atoms with E-state index < -0.39 is 0 Å². The molecule has 0 saturated carbocycles. The van der Waals surface area contributed by atoms with Crippen LogP contribution in [-0.4, -0.2) is 6.54 Å². The molecular weight excluding hydrogens is 274 g/mol. The van der Waals surface area contributed by atoms with E-state index in [0.717, 1.165) is 13.0 Å². The van der Waals surface area contributed by atoms with Crippen molar-refractivity contribution in [3.05, 3.63) is 55.8 Å². The first-order valence-electron chi connectivity index (χ1n) is 7.82. The highest BCUT2D eigenvalue weighted by Gasteiger charge is 2.21. The van der Waals surface area contributed by atoms with Crippen LogP contribution in [0.25, 0.3) is 0 Å². The summed E-state index contributed by atoms with van der Waals surface area (Å²) < 4.78 is 0. The van der Waals surface area contributed by atoms with Gasteiger partial charge in [0.1, 0.15) is 0 Å². The van der Waals surface area contributed by atoms with Crippen LogP contribution in [0.5, 0.6) is 0 Å². The Labute approximate surface area is 133 Å². The van der Waals surface area contributed by atoms with Gasteiger partial charge in [-0.2, -0.15) is 0 Å². The molecule has 0 aliphatic rings. The van der Waals surface area contributed by atoms with Crippen molar-refractivity contribution in [1.29, 1.82) is 0 Å². The van der Waals surface area contributed by atoms with Crippen LogP contribution in [0.15, 0.2) is 18.2 Å². The molecule has 0 aliphatic heterocycles. The summed E-state index contributed by atoms with van der Waals surface area (Å²) in [6.07, 6.45) is 1.16. The summed E-state index contributed by atoms with van der Waals surface area (Å²) in [5.41, 5.74) is 7.12. The Morgan fingerprint density at radius 2 is 1.62 bits per heavy atom. The Bertz CT molecular complexity index is 598. The van der Waals surface area contributed by atoms with E-state index in [-0.39, 0.29) is 0 Å². The van der Waals surface area contributed by atoms with E-state index in [9.17, 15) is 0 Å². The zero-order valence-corrected chi connectivity index (χ0v) is 14.9. The lowest BCUT2D eigenvalue weighted by Gasteiger charge is -2.24. The molecule has 1 nitrogen and oxygen atoms in total. The fraction of sp³-hybridized carbons (Fsp3) is 0.474. The highest BCUT2D eigenvalue weighted by molar-refractivity contribution is 7.12. The molecule has 2 heteroatoms. The molecule has 0 fully saturated rings. The summed E-state index contributed by atoms with van der Waals surface area (Å²) in [4.78, 5) is 2.81. The normalized spacial score (nSPS) is 12.7. The van der Waals surface area contributed by atoms with Crippen LogP contribution in [0.1, 0.15) is 57.0 Å². The molecule has 1 N–H and O–H groups in total. The van der Waals surface area contributed by atoms with Gasteiger partial charge < -0.3 is 5.32 Å². The van der Waals surface area contributed by atoms with Gasteiger partial charge in [-0.1, -0.05) is 13.0 Å². The summed E-state index contributed by atoms with van der Waals surface area (Å²) in [5, 5.41) is 3.76. The largest absolute Gasteiger partial charge is 0.306 e. The van der Waals surface area contributed by atoms with Crippen molar-refractivity contribution in [2.75, 3.05) is 6.54 Å². The number of thiophene rings is 1. The van der Waals surface area contributed by atoms with E-state index in [1.165, 1.54) is 37.6 Å². The molecule has 1 aromatic heterocycles. The van der Waals surface area contributed by atoms with Gasteiger partial charge in [-0.3, -0.25) is 0 Å². The van der Waals surface area contributed by atoms with Crippen molar-refractivity contribution in [2.24, 2.45) is 0 Å². The van der Waals surface area contributed by atoms with Crippen molar-refractivity contribution >= 4 is 11.3 Å². The quantitative estimate of drug-likeness (QED) is 0.782. The van der Waals surface area contributed by atoms with Crippen molar-refractivity contribution in [2.45, 2.75) is 54.0 Å². The summed E-state index contributed by atoms with van der Waals surface area (Å²) in [7, 11) is 0. The zero-order valence-electron chi connectivity index (χ0n) is 14.1. The average molecular weight is 301 g/mol. The molecule has 114 valence electrons. The second kappa shape index (κ2) is 6.76. The first-order chi connectivity index (χ1) is 9.95. The summed E-state index contributed by atoms with van der Waals surface area (Å²) in [6.45, 7) is 14.4. The van der Waals surface area contributed by atoms with E-state index in [0.29, 0.717) is 6.04 Å². The van der Waals surface area contributed by atoms with Gasteiger partial charge in [-0.25, -0.2) is 0 Å². The van der Waals surface area contributed by atoms with Crippen molar-refractivity contribution in [3.8, 4) is 0 Å². The Balaban J connectivity index is 2.56. The van der Waals surface area contributed by atoms with Crippen molar-refractivity contribution < 1.29 is 0 Å². The molecule has 2 rings (SSSR count). The SMILES string of the molecule is CCCNC(c1ccc(C)s1)c1c(C)c(C)cc(C)c1C. The summed E-state index contributed by atoms with van der Waals surface area (Å²) in [6, 6.07) is 7.14. The van der Waals surface area contributed by atoms with Crippen LogP contribution in [0.4, 0.5) is 0 Å². The van der Waals surface area contributed by atoms with Gasteiger partial charge >= 0.3 is 0 Å². The Kier molecular flexibility index (Phi) is 5.23. The van der Waals surface area contributed by atoms with Gasteiger partial charge in [-0.15, -0.1) is 11.3 Å². The van der Waals surface area contributed by atoms with Gasteiger partial charge in [0, 0.05) is 9.75 Å². The number of benzene rings is 1. The first kappa shape index (κ1) is 16.3. The lowest BCUT2D eigenvalue weighted by Crippen LogP contribution is -2.24. The van der Waals surface area contributed by atoms with Crippen LogP contribution in [-0.2, 0) is 0 Å². The third kappa shape index (κ3) is 3.38. The maximum atomic E-state index is 3.76. The van der Waals surface area contributed by atoms with Crippen LogP contribution in [0, 0.1) is 34.6 Å². The van der Waals surface area contributed by atoms with Gasteiger partial charge in [-0.05, 0) is 87.5 Å². The van der Waals surface area contributed by atoms with E-state index in [1.807, 2.05) is 11.3 Å². The molecular formula is C19H27NS. The molecule has 2 aromatic rings. The minimum atomic E-state index is 0.322. The minimum absolute atomic E-state index is 0.322. The molecule has 0 amide bonds. The Morgan fingerprint density at radius 3 is 2.10 bits per heavy atom. The second-order valence-electron chi connectivity index (χ2n) is 6.01. The number of rotatable bonds is 5. The van der Waals surface area contributed by atoms with Gasteiger partial charge in [0.15, 0.2) is 0 Å². The summed E-state index contributed by atoms with van der Waals surface area (Å²) in [5.74, 6) is 0. The third-order valence-corrected chi connectivity index (χ3v) is 5.42. The Morgan fingerprint density at radius 1 is 1.00 bits per heavy atom. The maximum absolute atomic E-state index is 3.76. The van der Waals surface area contributed by atoms with E-state index in [2.05, 4.69) is 65.1 Å². The highest BCUT2D eigenvalue weighted by atomic mass is 32.1.